The van der Waals surface area contributed by atoms with Crippen LogP contribution in [-0.4, -0.2) is 28.1 Å². The van der Waals surface area contributed by atoms with Gasteiger partial charge in [0.15, 0.2) is 0 Å². The molecule has 0 saturated carbocycles. The highest BCUT2D eigenvalue weighted by molar-refractivity contribution is 5.69. The van der Waals surface area contributed by atoms with E-state index in [1.54, 1.807) is 23.1 Å². The first-order valence-corrected chi connectivity index (χ1v) is 6.36. The molecular weight excluding hydrogens is 243 g/mol. The lowest BCUT2D eigenvalue weighted by molar-refractivity contribution is 0.606. The zero-order valence-corrected chi connectivity index (χ0v) is 10.5. The van der Waals surface area contributed by atoms with Gasteiger partial charge in [-0.25, -0.2) is 9.07 Å². The predicted molar refractivity (Wildman–Crippen MR) is 71.0 cm³/mol. The third-order valence-electron chi connectivity index (χ3n) is 3.29. The van der Waals surface area contributed by atoms with Crippen molar-refractivity contribution < 1.29 is 4.39 Å². The molecule has 98 valence electrons. The van der Waals surface area contributed by atoms with Crippen LogP contribution >= 0.6 is 0 Å². The number of benzene rings is 1. The standard InChI is InChI=1S/C14H15FN4/c15-13-3-1-2-12(10-19-9-8-17-18-19)14(13)11-4-6-16-7-5-11/h1-4,8-9,16H,5-7,10H2. The molecule has 0 unspecified atom stereocenters. The first kappa shape index (κ1) is 12.0. The second kappa shape index (κ2) is 5.32. The lowest BCUT2D eigenvalue weighted by Crippen LogP contribution is -2.21. The van der Waals surface area contributed by atoms with Crippen LogP contribution in [0.1, 0.15) is 17.5 Å². The first-order valence-electron chi connectivity index (χ1n) is 6.36. The molecule has 1 aliphatic rings. The molecule has 0 fully saturated rings. The van der Waals surface area contributed by atoms with Crippen LogP contribution in [0.2, 0.25) is 0 Å². The normalized spacial score (nSPS) is 15.3. The van der Waals surface area contributed by atoms with Gasteiger partial charge in [0.25, 0.3) is 0 Å². The highest BCUT2D eigenvalue weighted by Crippen LogP contribution is 2.26. The maximum absolute atomic E-state index is 14.2. The lowest BCUT2D eigenvalue weighted by atomic mass is 9.95. The van der Waals surface area contributed by atoms with Crippen molar-refractivity contribution in [3.8, 4) is 0 Å². The summed E-state index contributed by atoms with van der Waals surface area (Å²) in [4.78, 5) is 0. The molecule has 2 heterocycles. The molecule has 2 aromatic rings. The van der Waals surface area contributed by atoms with Crippen molar-refractivity contribution in [2.24, 2.45) is 0 Å². The number of nitrogens with zero attached hydrogens (tertiary/aromatic N) is 3. The molecule has 0 atom stereocenters. The molecule has 0 bridgehead atoms. The molecule has 4 nitrogen and oxygen atoms in total. The Morgan fingerprint density at radius 1 is 1.37 bits per heavy atom. The summed E-state index contributed by atoms with van der Waals surface area (Å²) in [5.74, 6) is -0.161. The van der Waals surface area contributed by atoms with Crippen LogP contribution in [0, 0.1) is 5.82 Å². The lowest BCUT2D eigenvalue weighted by Gasteiger charge is -2.18. The van der Waals surface area contributed by atoms with Gasteiger partial charge in [-0.3, -0.25) is 0 Å². The van der Waals surface area contributed by atoms with Gasteiger partial charge in [-0.1, -0.05) is 23.4 Å². The number of nitrogens with one attached hydrogen (secondary N) is 1. The van der Waals surface area contributed by atoms with Crippen LogP contribution in [-0.2, 0) is 6.54 Å². The van der Waals surface area contributed by atoms with Gasteiger partial charge in [0.1, 0.15) is 5.82 Å². The minimum atomic E-state index is -0.161. The largest absolute Gasteiger partial charge is 0.313 e. The van der Waals surface area contributed by atoms with Gasteiger partial charge >= 0.3 is 0 Å². The third kappa shape index (κ3) is 2.56. The summed E-state index contributed by atoms with van der Waals surface area (Å²) in [6.45, 7) is 2.23. The van der Waals surface area contributed by atoms with Gasteiger partial charge < -0.3 is 5.32 Å². The summed E-state index contributed by atoms with van der Waals surface area (Å²) in [7, 11) is 0. The Kier molecular flexibility index (Phi) is 3.37. The van der Waals surface area contributed by atoms with Crippen LogP contribution in [0.25, 0.3) is 5.57 Å². The van der Waals surface area contributed by atoms with E-state index in [-0.39, 0.29) is 5.82 Å². The quantitative estimate of drug-likeness (QED) is 0.913. The summed E-state index contributed by atoms with van der Waals surface area (Å²) in [5.41, 5.74) is 2.74. The maximum Gasteiger partial charge on any atom is 0.131 e. The van der Waals surface area contributed by atoms with E-state index in [2.05, 4.69) is 21.7 Å². The molecule has 0 spiro atoms. The Morgan fingerprint density at radius 3 is 3.05 bits per heavy atom. The Hall–Kier alpha value is -2.01. The van der Waals surface area contributed by atoms with Gasteiger partial charge in [0.05, 0.1) is 12.7 Å². The summed E-state index contributed by atoms with van der Waals surface area (Å²) < 4.78 is 15.9. The van der Waals surface area contributed by atoms with Crippen molar-refractivity contribution in [2.45, 2.75) is 13.0 Å². The van der Waals surface area contributed by atoms with Crippen molar-refractivity contribution >= 4 is 5.57 Å². The Bertz CT molecular complexity index is 589. The molecule has 0 saturated heterocycles. The summed E-state index contributed by atoms with van der Waals surface area (Å²) in [5, 5.41) is 11.0. The third-order valence-corrected chi connectivity index (χ3v) is 3.29. The molecule has 19 heavy (non-hydrogen) atoms. The van der Waals surface area contributed by atoms with E-state index in [0.29, 0.717) is 6.54 Å². The van der Waals surface area contributed by atoms with Crippen LogP contribution in [0.5, 0.6) is 0 Å². The van der Waals surface area contributed by atoms with Crippen molar-refractivity contribution in [2.75, 3.05) is 13.1 Å². The van der Waals surface area contributed by atoms with E-state index in [9.17, 15) is 4.39 Å². The second-order valence-corrected chi connectivity index (χ2v) is 4.56. The summed E-state index contributed by atoms with van der Waals surface area (Å²) in [6, 6.07) is 5.21. The molecule has 0 amide bonds. The molecule has 0 aliphatic carbocycles. The summed E-state index contributed by atoms with van der Waals surface area (Å²) >= 11 is 0. The van der Waals surface area contributed by atoms with E-state index in [1.165, 1.54) is 6.07 Å². The highest BCUT2D eigenvalue weighted by Gasteiger charge is 2.15. The molecule has 1 aromatic carbocycles. The van der Waals surface area contributed by atoms with E-state index >= 15 is 0 Å². The molecule has 5 heteroatoms. The molecule has 0 radical (unpaired) electrons. The van der Waals surface area contributed by atoms with Crippen LogP contribution < -0.4 is 5.32 Å². The minimum Gasteiger partial charge on any atom is -0.313 e. The van der Waals surface area contributed by atoms with Crippen LogP contribution in [0.15, 0.2) is 36.7 Å². The van der Waals surface area contributed by atoms with E-state index in [4.69, 9.17) is 0 Å². The number of rotatable bonds is 3. The molecular formula is C14H15FN4. The Morgan fingerprint density at radius 2 is 2.32 bits per heavy atom. The number of hydrogen-bond donors (Lipinski definition) is 1. The van der Waals surface area contributed by atoms with E-state index in [1.807, 2.05) is 6.07 Å². The molecule has 3 rings (SSSR count). The van der Waals surface area contributed by atoms with Crippen LogP contribution in [0.3, 0.4) is 0 Å². The fourth-order valence-electron chi connectivity index (χ4n) is 2.40. The van der Waals surface area contributed by atoms with Gasteiger partial charge in [0, 0.05) is 18.3 Å². The summed E-state index contributed by atoms with van der Waals surface area (Å²) in [6.07, 6.45) is 6.33. The van der Waals surface area contributed by atoms with E-state index in [0.717, 1.165) is 36.2 Å². The second-order valence-electron chi connectivity index (χ2n) is 4.56. The van der Waals surface area contributed by atoms with Gasteiger partial charge in [-0.15, -0.1) is 5.10 Å². The molecule has 1 N–H and O–H groups in total. The fourth-order valence-corrected chi connectivity index (χ4v) is 2.40. The Balaban J connectivity index is 1.99. The smallest absolute Gasteiger partial charge is 0.131 e. The zero-order chi connectivity index (χ0) is 13.1. The van der Waals surface area contributed by atoms with E-state index < -0.39 is 0 Å². The van der Waals surface area contributed by atoms with Gasteiger partial charge in [0.2, 0.25) is 0 Å². The minimum absolute atomic E-state index is 0.161. The fraction of sp³-hybridized carbons (Fsp3) is 0.286. The number of hydrogen-bond acceptors (Lipinski definition) is 3. The van der Waals surface area contributed by atoms with Gasteiger partial charge in [-0.2, -0.15) is 0 Å². The average molecular weight is 258 g/mol. The average Bonchev–Trinajstić information content (AvgIpc) is 2.93. The first-order chi connectivity index (χ1) is 9.34. The number of halogens is 1. The molecule has 1 aromatic heterocycles. The van der Waals surface area contributed by atoms with Crippen molar-refractivity contribution in [1.82, 2.24) is 20.3 Å². The topological polar surface area (TPSA) is 42.7 Å². The zero-order valence-electron chi connectivity index (χ0n) is 10.5. The number of aromatic nitrogens is 3. The maximum atomic E-state index is 14.2. The van der Waals surface area contributed by atoms with Crippen molar-refractivity contribution in [1.29, 1.82) is 0 Å². The highest BCUT2D eigenvalue weighted by atomic mass is 19.1. The molecule has 1 aliphatic heterocycles. The monoisotopic (exact) mass is 258 g/mol. The van der Waals surface area contributed by atoms with Crippen molar-refractivity contribution in [3.05, 3.63) is 53.6 Å². The SMILES string of the molecule is Fc1cccc(Cn2ccnn2)c1C1=CCNCC1. The predicted octanol–water partition coefficient (Wildman–Crippen LogP) is 1.84. The van der Waals surface area contributed by atoms with Crippen molar-refractivity contribution in [3.63, 3.8) is 0 Å². The Labute approximate surface area is 110 Å². The van der Waals surface area contributed by atoms with Gasteiger partial charge in [-0.05, 0) is 30.2 Å². The van der Waals surface area contributed by atoms with Crippen LogP contribution in [0.4, 0.5) is 4.39 Å².